The van der Waals surface area contributed by atoms with Crippen molar-refractivity contribution in [2.75, 3.05) is 14.2 Å². The molecule has 0 spiro atoms. The number of nitrogens with zero attached hydrogens (tertiary/aromatic N) is 2. The van der Waals surface area contributed by atoms with Gasteiger partial charge in [0.25, 0.3) is 0 Å². The molecule has 0 unspecified atom stereocenters. The first-order chi connectivity index (χ1) is 12.6. The van der Waals surface area contributed by atoms with E-state index in [0.29, 0.717) is 0 Å². The van der Waals surface area contributed by atoms with Crippen LogP contribution in [0.15, 0.2) is 0 Å². The number of aliphatic carboxylic acids is 2. The van der Waals surface area contributed by atoms with Crippen molar-refractivity contribution in [2.45, 2.75) is 37.8 Å². The van der Waals surface area contributed by atoms with Crippen molar-refractivity contribution >= 4 is 35.1 Å². The lowest BCUT2D eigenvalue weighted by Crippen LogP contribution is -2.40. The van der Waals surface area contributed by atoms with Crippen LogP contribution in [0.5, 0.6) is 0 Å². The summed E-state index contributed by atoms with van der Waals surface area (Å²) in [7, 11) is 2.36. The summed E-state index contributed by atoms with van der Waals surface area (Å²) in [5.74, 6) is -2.23. The Kier molecular flexibility index (Phi) is 20.5. The van der Waals surface area contributed by atoms with Crippen LogP contribution in [-0.2, 0) is 19.1 Å². The van der Waals surface area contributed by atoms with Gasteiger partial charge in [0.1, 0.15) is 12.1 Å². The Balaban J connectivity index is -0.000000356. The standard InChI is InChI=1S/C7H10N2O4.C5H8N2O2.C2H3ClO2/c1-13-7(12)9-5(6(10)11)3-2-4-8;6-3-1-2-4(7)5(8)9;1-5-2(3)4/h5H,2-3H2,1H3,(H,9,12)(H,10,11);4H,1-2,7H2,(H,8,9);1H3/t5-;4-;/m00./s1. The van der Waals surface area contributed by atoms with Crippen molar-refractivity contribution in [2.24, 2.45) is 5.73 Å². The van der Waals surface area contributed by atoms with Crippen LogP contribution in [0.4, 0.5) is 9.59 Å². The molecule has 12 nitrogen and oxygen atoms in total. The molecule has 0 aromatic heterocycles. The van der Waals surface area contributed by atoms with Crippen molar-refractivity contribution in [1.29, 1.82) is 10.5 Å². The normalized spacial score (nSPS) is 10.6. The summed E-state index contributed by atoms with van der Waals surface area (Å²) in [4.78, 5) is 40.4. The lowest BCUT2D eigenvalue weighted by molar-refractivity contribution is -0.140. The van der Waals surface area contributed by atoms with E-state index in [4.69, 9.17) is 26.5 Å². The Morgan fingerprint density at radius 2 is 1.48 bits per heavy atom. The van der Waals surface area contributed by atoms with E-state index in [1.165, 1.54) is 7.11 Å². The third-order valence-corrected chi connectivity index (χ3v) is 2.52. The number of carboxylic acids is 2. The average Bonchev–Trinajstić information content (AvgIpc) is 2.63. The molecule has 0 bridgehead atoms. The molecule has 152 valence electrons. The summed E-state index contributed by atoms with van der Waals surface area (Å²) in [5, 5.41) is 35.0. The highest BCUT2D eigenvalue weighted by Gasteiger charge is 2.19. The van der Waals surface area contributed by atoms with E-state index >= 15 is 0 Å². The zero-order chi connectivity index (χ0) is 21.8. The van der Waals surface area contributed by atoms with Gasteiger partial charge in [0, 0.05) is 24.4 Å². The molecule has 0 radical (unpaired) electrons. The minimum atomic E-state index is -1.18. The van der Waals surface area contributed by atoms with Crippen molar-refractivity contribution in [3.63, 3.8) is 0 Å². The summed E-state index contributed by atoms with van der Waals surface area (Å²) < 4.78 is 8.09. The van der Waals surface area contributed by atoms with Gasteiger partial charge >= 0.3 is 23.5 Å². The predicted octanol–water partition coefficient (Wildman–Crippen LogP) is 0.793. The van der Waals surface area contributed by atoms with Gasteiger partial charge in [0.05, 0.1) is 26.4 Å². The first-order valence-corrected chi connectivity index (χ1v) is 7.48. The van der Waals surface area contributed by atoms with Crippen LogP contribution in [0, 0.1) is 22.7 Å². The highest BCUT2D eigenvalue weighted by atomic mass is 35.5. The molecule has 0 saturated heterocycles. The average molecular weight is 409 g/mol. The number of carbonyl (C=O) groups is 4. The highest BCUT2D eigenvalue weighted by Crippen LogP contribution is 1.97. The van der Waals surface area contributed by atoms with Crippen LogP contribution < -0.4 is 11.1 Å². The third-order valence-electron chi connectivity index (χ3n) is 2.37. The molecule has 1 amide bonds. The summed E-state index contributed by atoms with van der Waals surface area (Å²) in [6, 6.07) is 1.65. The first kappa shape index (κ1) is 28.7. The number of nitrogens with one attached hydrogen (secondary N) is 1. The molecule has 0 saturated carbocycles. The smallest absolute Gasteiger partial charge is 0.407 e. The number of nitriles is 2. The molecule has 0 rings (SSSR count). The number of amides is 1. The van der Waals surface area contributed by atoms with E-state index in [1.807, 2.05) is 6.07 Å². The van der Waals surface area contributed by atoms with Crippen LogP contribution in [-0.4, -0.2) is 60.0 Å². The van der Waals surface area contributed by atoms with Crippen LogP contribution in [0.3, 0.4) is 0 Å². The summed E-state index contributed by atoms with van der Waals surface area (Å²) in [6.07, 6.45) is -0.244. The zero-order valence-corrected chi connectivity index (χ0v) is 15.4. The van der Waals surface area contributed by atoms with Gasteiger partial charge < -0.3 is 30.7 Å². The number of halogens is 1. The van der Waals surface area contributed by atoms with E-state index in [9.17, 15) is 19.2 Å². The predicted molar refractivity (Wildman–Crippen MR) is 90.5 cm³/mol. The van der Waals surface area contributed by atoms with Gasteiger partial charge in [-0.2, -0.15) is 10.5 Å². The number of rotatable bonds is 7. The molecule has 0 heterocycles. The molecule has 0 aromatic rings. The lowest BCUT2D eigenvalue weighted by Gasteiger charge is -2.10. The van der Waals surface area contributed by atoms with E-state index in [-0.39, 0.29) is 25.7 Å². The number of hydrogen-bond donors (Lipinski definition) is 4. The second-order valence-corrected chi connectivity index (χ2v) is 4.62. The Hall–Kier alpha value is -3.09. The van der Waals surface area contributed by atoms with E-state index in [2.05, 4.69) is 26.4 Å². The van der Waals surface area contributed by atoms with Gasteiger partial charge in [-0.15, -0.1) is 0 Å². The number of alkyl carbamates (subject to hydrolysis) is 1. The largest absolute Gasteiger partial charge is 0.480 e. The van der Waals surface area contributed by atoms with Crippen LogP contribution in [0.2, 0.25) is 0 Å². The van der Waals surface area contributed by atoms with E-state index in [0.717, 1.165) is 7.11 Å². The number of carboxylic acid groups (broad SMARTS) is 2. The Bertz CT molecular complexity index is 558. The highest BCUT2D eigenvalue weighted by molar-refractivity contribution is 6.61. The van der Waals surface area contributed by atoms with Crippen molar-refractivity contribution in [3.8, 4) is 12.1 Å². The third kappa shape index (κ3) is 22.9. The molecule has 0 aromatic carbocycles. The second-order valence-electron chi connectivity index (χ2n) is 4.31. The SMILES string of the molecule is COC(=O)Cl.COC(=O)N[C@@H](CCC#N)C(=O)O.N#CCC[C@H](N)C(=O)O. The number of methoxy groups -OCH3 is 2. The molecule has 0 aliphatic carbocycles. The van der Waals surface area contributed by atoms with Gasteiger partial charge in [0.15, 0.2) is 0 Å². The van der Waals surface area contributed by atoms with Crippen LogP contribution in [0.1, 0.15) is 25.7 Å². The summed E-state index contributed by atoms with van der Waals surface area (Å²) in [6.45, 7) is 0. The maximum atomic E-state index is 10.6. The molecule has 13 heteroatoms. The molecule has 0 aliphatic rings. The minimum Gasteiger partial charge on any atom is -0.480 e. The number of ether oxygens (including phenoxy) is 2. The van der Waals surface area contributed by atoms with Gasteiger partial charge in [-0.05, 0) is 12.8 Å². The molecule has 0 fully saturated rings. The molecular formula is C14H21ClN4O8. The monoisotopic (exact) mass is 408 g/mol. The Labute approximate surface area is 160 Å². The summed E-state index contributed by atoms with van der Waals surface area (Å²) >= 11 is 4.60. The molecule has 0 aliphatic heterocycles. The minimum absolute atomic E-state index is 0.0704. The molecule has 27 heavy (non-hydrogen) atoms. The summed E-state index contributed by atoms with van der Waals surface area (Å²) in [5.41, 5.74) is 4.28. The van der Waals surface area contributed by atoms with Crippen LogP contribution >= 0.6 is 11.6 Å². The number of nitrogens with two attached hydrogens (primary N) is 1. The maximum Gasteiger partial charge on any atom is 0.407 e. The van der Waals surface area contributed by atoms with Gasteiger partial charge in [0.2, 0.25) is 0 Å². The quantitative estimate of drug-likeness (QED) is 0.432. The molecular weight excluding hydrogens is 388 g/mol. The number of hydrogen-bond acceptors (Lipinski definition) is 9. The topological polar surface area (TPSA) is 213 Å². The van der Waals surface area contributed by atoms with Crippen molar-refractivity contribution < 1.29 is 38.9 Å². The van der Waals surface area contributed by atoms with Gasteiger partial charge in [-0.3, -0.25) is 4.79 Å². The Morgan fingerprint density at radius 1 is 1.04 bits per heavy atom. The fourth-order valence-electron chi connectivity index (χ4n) is 1.01. The fraction of sp³-hybridized carbons (Fsp3) is 0.571. The van der Waals surface area contributed by atoms with Gasteiger partial charge in [-0.1, -0.05) is 0 Å². The van der Waals surface area contributed by atoms with Crippen molar-refractivity contribution in [3.05, 3.63) is 0 Å². The molecule has 2 atom stereocenters. The van der Waals surface area contributed by atoms with Crippen molar-refractivity contribution in [1.82, 2.24) is 5.32 Å². The fourth-order valence-corrected chi connectivity index (χ4v) is 1.01. The van der Waals surface area contributed by atoms with Crippen LogP contribution in [0.25, 0.3) is 0 Å². The zero-order valence-electron chi connectivity index (χ0n) is 14.7. The first-order valence-electron chi connectivity index (χ1n) is 7.10. The van der Waals surface area contributed by atoms with E-state index in [1.54, 1.807) is 6.07 Å². The second kappa shape index (κ2) is 19.2. The van der Waals surface area contributed by atoms with E-state index < -0.39 is 35.5 Å². The van der Waals surface area contributed by atoms with Gasteiger partial charge in [-0.25, -0.2) is 14.4 Å². The Morgan fingerprint density at radius 3 is 1.78 bits per heavy atom. The molecule has 5 N–H and O–H groups in total. The number of carbonyl (C=O) groups excluding carboxylic acids is 2. The lowest BCUT2D eigenvalue weighted by atomic mass is 10.2. The maximum absolute atomic E-state index is 10.6.